The molecule has 1 aromatic carbocycles. The SMILES string of the molecule is CC(C)C[C@H](N)C(=O)NCCc1csc2ccccc12. The first-order valence-electron chi connectivity index (χ1n) is 7.06. The standard InChI is InChI=1S/C16H22N2OS/c1-11(2)9-14(17)16(19)18-8-7-12-10-20-15-6-4-3-5-13(12)15/h3-6,10-11,14H,7-9,17H2,1-2H3,(H,18,19)/t14-/m0/s1. The molecule has 2 aromatic rings. The number of carbonyl (C=O) groups excluding carboxylic acids is 1. The molecule has 0 saturated heterocycles. The van der Waals surface area contributed by atoms with Gasteiger partial charge in [-0.15, -0.1) is 11.3 Å². The highest BCUT2D eigenvalue weighted by Crippen LogP contribution is 2.25. The molecule has 0 aliphatic rings. The summed E-state index contributed by atoms with van der Waals surface area (Å²) in [5.74, 6) is 0.398. The molecule has 0 aliphatic carbocycles. The summed E-state index contributed by atoms with van der Waals surface area (Å²) in [7, 11) is 0. The molecule has 0 unspecified atom stereocenters. The van der Waals surface area contributed by atoms with Crippen LogP contribution in [0.1, 0.15) is 25.8 Å². The molecule has 1 heterocycles. The third-order valence-electron chi connectivity index (χ3n) is 3.32. The largest absolute Gasteiger partial charge is 0.354 e. The lowest BCUT2D eigenvalue weighted by Gasteiger charge is -2.13. The Labute approximate surface area is 124 Å². The van der Waals surface area contributed by atoms with Crippen molar-refractivity contribution >= 4 is 27.3 Å². The molecular weight excluding hydrogens is 268 g/mol. The zero-order chi connectivity index (χ0) is 14.5. The van der Waals surface area contributed by atoms with Gasteiger partial charge >= 0.3 is 0 Å². The average Bonchev–Trinajstić information content (AvgIpc) is 2.81. The Morgan fingerprint density at radius 1 is 1.35 bits per heavy atom. The molecule has 1 atom stereocenters. The summed E-state index contributed by atoms with van der Waals surface area (Å²) >= 11 is 1.75. The Morgan fingerprint density at radius 2 is 2.10 bits per heavy atom. The van der Waals surface area contributed by atoms with Crippen LogP contribution in [0.5, 0.6) is 0 Å². The topological polar surface area (TPSA) is 55.1 Å². The van der Waals surface area contributed by atoms with Gasteiger partial charge in [-0.3, -0.25) is 4.79 Å². The number of carbonyl (C=O) groups is 1. The number of hydrogen-bond acceptors (Lipinski definition) is 3. The van der Waals surface area contributed by atoms with Gasteiger partial charge in [0, 0.05) is 11.2 Å². The van der Waals surface area contributed by atoms with Crippen LogP contribution in [0.4, 0.5) is 0 Å². The van der Waals surface area contributed by atoms with Crippen molar-refractivity contribution in [2.75, 3.05) is 6.54 Å². The molecule has 2 rings (SSSR count). The van der Waals surface area contributed by atoms with E-state index in [0.717, 1.165) is 12.8 Å². The number of nitrogens with one attached hydrogen (secondary N) is 1. The number of benzene rings is 1. The summed E-state index contributed by atoms with van der Waals surface area (Å²) in [6, 6.07) is 7.97. The van der Waals surface area contributed by atoms with Gasteiger partial charge in [0.1, 0.15) is 0 Å². The van der Waals surface area contributed by atoms with Gasteiger partial charge < -0.3 is 11.1 Å². The second kappa shape index (κ2) is 6.86. The second-order valence-corrected chi connectivity index (χ2v) is 6.45. The van der Waals surface area contributed by atoms with E-state index in [1.54, 1.807) is 11.3 Å². The van der Waals surface area contributed by atoms with Gasteiger partial charge in [-0.25, -0.2) is 0 Å². The Bertz CT molecular complexity index is 577. The van der Waals surface area contributed by atoms with E-state index in [0.29, 0.717) is 12.5 Å². The first kappa shape index (κ1) is 15.0. The number of fused-ring (bicyclic) bond motifs is 1. The molecule has 0 spiro atoms. The maximum absolute atomic E-state index is 11.8. The van der Waals surface area contributed by atoms with Crippen LogP contribution in [0, 0.1) is 5.92 Å². The van der Waals surface area contributed by atoms with Crippen LogP contribution in [-0.4, -0.2) is 18.5 Å². The maximum Gasteiger partial charge on any atom is 0.236 e. The molecule has 20 heavy (non-hydrogen) atoms. The van der Waals surface area contributed by atoms with E-state index in [1.807, 2.05) is 0 Å². The van der Waals surface area contributed by atoms with Gasteiger partial charge in [0.05, 0.1) is 6.04 Å². The molecule has 0 radical (unpaired) electrons. The van der Waals surface area contributed by atoms with Gasteiger partial charge in [0.2, 0.25) is 5.91 Å². The first-order chi connectivity index (χ1) is 9.58. The Balaban J connectivity index is 1.85. The number of hydrogen-bond donors (Lipinski definition) is 2. The molecule has 3 N–H and O–H groups in total. The van der Waals surface area contributed by atoms with Crippen molar-refractivity contribution in [2.24, 2.45) is 11.7 Å². The maximum atomic E-state index is 11.8. The van der Waals surface area contributed by atoms with Crippen molar-refractivity contribution in [1.29, 1.82) is 0 Å². The molecule has 0 saturated carbocycles. The summed E-state index contributed by atoms with van der Waals surface area (Å²) in [6.45, 7) is 4.79. The third kappa shape index (κ3) is 3.81. The molecule has 1 aromatic heterocycles. The number of rotatable bonds is 6. The van der Waals surface area contributed by atoms with E-state index in [-0.39, 0.29) is 5.91 Å². The van der Waals surface area contributed by atoms with E-state index in [1.165, 1.54) is 15.6 Å². The van der Waals surface area contributed by atoms with Crippen LogP contribution in [-0.2, 0) is 11.2 Å². The molecule has 108 valence electrons. The fourth-order valence-electron chi connectivity index (χ4n) is 2.29. The molecule has 4 heteroatoms. The van der Waals surface area contributed by atoms with Crippen LogP contribution in [0.3, 0.4) is 0 Å². The normalized spacial score (nSPS) is 12.8. The minimum atomic E-state index is -0.394. The summed E-state index contributed by atoms with van der Waals surface area (Å²) in [6.07, 6.45) is 1.58. The highest BCUT2D eigenvalue weighted by Gasteiger charge is 2.14. The summed E-state index contributed by atoms with van der Waals surface area (Å²) in [5.41, 5.74) is 7.15. The Hall–Kier alpha value is -1.39. The molecule has 0 aliphatic heterocycles. The van der Waals surface area contributed by atoms with Crippen LogP contribution in [0.15, 0.2) is 29.6 Å². The van der Waals surface area contributed by atoms with Gasteiger partial charge in [-0.1, -0.05) is 32.0 Å². The quantitative estimate of drug-likeness (QED) is 0.859. The van der Waals surface area contributed by atoms with Crippen molar-refractivity contribution in [2.45, 2.75) is 32.7 Å². The van der Waals surface area contributed by atoms with E-state index in [4.69, 9.17) is 5.73 Å². The minimum absolute atomic E-state index is 0.0433. The van der Waals surface area contributed by atoms with Gasteiger partial charge in [0.25, 0.3) is 0 Å². The smallest absolute Gasteiger partial charge is 0.236 e. The van der Waals surface area contributed by atoms with E-state index in [9.17, 15) is 4.79 Å². The minimum Gasteiger partial charge on any atom is -0.354 e. The second-order valence-electron chi connectivity index (χ2n) is 5.53. The fourth-order valence-corrected chi connectivity index (χ4v) is 3.29. The van der Waals surface area contributed by atoms with Crippen LogP contribution >= 0.6 is 11.3 Å². The van der Waals surface area contributed by atoms with Crippen LogP contribution in [0.25, 0.3) is 10.1 Å². The molecule has 0 bridgehead atoms. The number of nitrogens with two attached hydrogens (primary N) is 1. The predicted octanol–water partition coefficient (Wildman–Crippen LogP) is 2.93. The predicted molar refractivity (Wildman–Crippen MR) is 86.0 cm³/mol. The Kier molecular flexibility index (Phi) is 5.15. The fraction of sp³-hybridized carbons (Fsp3) is 0.438. The summed E-state index contributed by atoms with van der Waals surface area (Å²) in [4.78, 5) is 11.8. The number of thiophene rings is 1. The lowest BCUT2D eigenvalue weighted by atomic mass is 10.0. The van der Waals surface area contributed by atoms with Crippen molar-refractivity contribution < 1.29 is 4.79 Å². The molecule has 1 amide bonds. The van der Waals surface area contributed by atoms with Crippen LogP contribution in [0.2, 0.25) is 0 Å². The molecule has 3 nitrogen and oxygen atoms in total. The molecular formula is C16H22N2OS. The highest BCUT2D eigenvalue weighted by molar-refractivity contribution is 7.17. The third-order valence-corrected chi connectivity index (χ3v) is 4.33. The zero-order valence-corrected chi connectivity index (χ0v) is 12.9. The molecule has 0 fully saturated rings. The van der Waals surface area contributed by atoms with E-state index < -0.39 is 6.04 Å². The van der Waals surface area contributed by atoms with Crippen molar-refractivity contribution in [3.63, 3.8) is 0 Å². The number of amides is 1. The zero-order valence-electron chi connectivity index (χ0n) is 12.1. The van der Waals surface area contributed by atoms with Crippen molar-refractivity contribution in [3.8, 4) is 0 Å². The van der Waals surface area contributed by atoms with Crippen LogP contribution < -0.4 is 11.1 Å². The monoisotopic (exact) mass is 290 g/mol. The van der Waals surface area contributed by atoms with Gasteiger partial charge in [-0.2, -0.15) is 0 Å². The highest BCUT2D eigenvalue weighted by atomic mass is 32.1. The lowest BCUT2D eigenvalue weighted by Crippen LogP contribution is -2.42. The van der Waals surface area contributed by atoms with Gasteiger partial charge in [-0.05, 0) is 41.2 Å². The summed E-state index contributed by atoms with van der Waals surface area (Å²) < 4.78 is 1.30. The first-order valence-corrected chi connectivity index (χ1v) is 7.94. The van der Waals surface area contributed by atoms with E-state index >= 15 is 0 Å². The van der Waals surface area contributed by atoms with Crippen molar-refractivity contribution in [1.82, 2.24) is 5.32 Å². The van der Waals surface area contributed by atoms with Crippen molar-refractivity contribution in [3.05, 3.63) is 35.2 Å². The average molecular weight is 290 g/mol. The lowest BCUT2D eigenvalue weighted by molar-refractivity contribution is -0.122. The Morgan fingerprint density at radius 3 is 2.85 bits per heavy atom. The van der Waals surface area contributed by atoms with Gasteiger partial charge in [0.15, 0.2) is 0 Å². The summed E-state index contributed by atoms with van der Waals surface area (Å²) in [5, 5.41) is 6.39. The van der Waals surface area contributed by atoms with E-state index in [2.05, 4.69) is 48.8 Å².